The van der Waals surface area contributed by atoms with E-state index in [2.05, 4.69) is 21.7 Å². The van der Waals surface area contributed by atoms with E-state index in [4.69, 9.17) is 16.0 Å². The summed E-state index contributed by atoms with van der Waals surface area (Å²) in [6.07, 6.45) is 4.11. The summed E-state index contributed by atoms with van der Waals surface area (Å²) in [5.41, 5.74) is 2.17. The van der Waals surface area contributed by atoms with Gasteiger partial charge in [0, 0.05) is 26.2 Å². The van der Waals surface area contributed by atoms with Crippen LogP contribution in [0.4, 0.5) is 10.5 Å². The van der Waals surface area contributed by atoms with E-state index in [1.165, 1.54) is 26.8 Å². The lowest BCUT2D eigenvalue weighted by molar-refractivity contribution is -0.00998. The number of carbonyl (C=O) groups is 1. The summed E-state index contributed by atoms with van der Waals surface area (Å²) in [5, 5.41) is 0. The fraction of sp³-hybridized carbons (Fsp3) is 0.667. The van der Waals surface area contributed by atoms with E-state index in [9.17, 15) is 13.2 Å². The molecular formula is C24H34N4O5S. The molecular weight excluding hydrogens is 456 g/mol. The highest BCUT2D eigenvalue weighted by Crippen LogP contribution is 2.62. The number of carbonyl (C=O) groups excluding carboxylic acids is 1. The molecule has 9 nitrogen and oxygen atoms in total. The molecule has 1 amide bonds. The maximum absolute atomic E-state index is 12.5. The van der Waals surface area contributed by atoms with Gasteiger partial charge in [0.1, 0.15) is 0 Å². The van der Waals surface area contributed by atoms with Crippen LogP contribution in [0.2, 0.25) is 0 Å². The van der Waals surface area contributed by atoms with Crippen molar-refractivity contribution >= 4 is 22.0 Å². The van der Waals surface area contributed by atoms with Crippen molar-refractivity contribution in [1.29, 1.82) is 0 Å². The number of nitrogens with one attached hydrogen (secondary N) is 1. The van der Waals surface area contributed by atoms with Crippen LogP contribution in [-0.4, -0.2) is 75.8 Å². The Morgan fingerprint density at radius 1 is 1.29 bits per heavy atom. The van der Waals surface area contributed by atoms with Crippen LogP contribution in [0.15, 0.2) is 24.3 Å². The van der Waals surface area contributed by atoms with Gasteiger partial charge < -0.3 is 9.47 Å². The lowest BCUT2D eigenvalue weighted by atomic mass is 9.81. The Morgan fingerprint density at radius 2 is 2.00 bits per heavy atom. The van der Waals surface area contributed by atoms with Gasteiger partial charge in [-0.25, -0.2) is 9.64 Å². The van der Waals surface area contributed by atoms with Crippen LogP contribution >= 0.6 is 0 Å². The van der Waals surface area contributed by atoms with E-state index in [1.807, 2.05) is 19.1 Å². The van der Waals surface area contributed by atoms with E-state index in [-0.39, 0.29) is 24.2 Å². The number of hydrogen-bond donors (Lipinski definition) is 1. The summed E-state index contributed by atoms with van der Waals surface area (Å²) >= 11 is 0. The SMILES string of the molecule is [C-]#[N+]c1ccc(C23CCC(OC[C@H]4[C@@H](NS(=O)(=O)N(C)C)C[C@@H](C)N4C(=O)OC)CC2C3)cc1. The average Bonchev–Trinajstić information content (AvgIpc) is 3.47. The summed E-state index contributed by atoms with van der Waals surface area (Å²) in [5.74, 6) is 0.548. The molecule has 34 heavy (non-hydrogen) atoms. The summed E-state index contributed by atoms with van der Waals surface area (Å²) in [7, 11) is 0.635. The first-order valence-electron chi connectivity index (χ1n) is 11.8. The van der Waals surface area contributed by atoms with Crippen molar-refractivity contribution < 1.29 is 22.7 Å². The standard InChI is InChI=1S/C24H34N4O5S/c1-16-12-21(26-34(30,31)27(3)4)22(28(16)23(29)32-5)15-33-20-10-11-24(14-18(24)13-20)17-6-8-19(25-2)9-7-17/h6-9,16,18,20-22,26H,10-15H2,1,3-5H3/t16-,18?,20?,21+,22+,24?/m1/s1. The molecule has 1 N–H and O–H groups in total. The van der Waals surface area contributed by atoms with Crippen molar-refractivity contribution in [3.63, 3.8) is 0 Å². The summed E-state index contributed by atoms with van der Waals surface area (Å²) in [4.78, 5) is 17.6. The van der Waals surface area contributed by atoms with Gasteiger partial charge in [0.05, 0.1) is 32.4 Å². The molecule has 3 fully saturated rings. The minimum absolute atomic E-state index is 0.0737. The van der Waals surface area contributed by atoms with Crippen molar-refractivity contribution in [2.45, 2.75) is 68.7 Å². The van der Waals surface area contributed by atoms with Gasteiger partial charge in [-0.3, -0.25) is 4.90 Å². The maximum Gasteiger partial charge on any atom is 0.410 e. The Hall–Kier alpha value is -2.19. The molecule has 1 heterocycles. The molecule has 1 aliphatic heterocycles. The number of ether oxygens (including phenoxy) is 2. The number of nitrogens with zero attached hydrogens (tertiary/aromatic N) is 3. The van der Waals surface area contributed by atoms with Crippen LogP contribution in [0.1, 0.15) is 44.6 Å². The van der Waals surface area contributed by atoms with E-state index in [0.29, 0.717) is 18.0 Å². The molecule has 0 radical (unpaired) electrons. The zero-order valence-corrected chi connectivity index (χ0v) is 21.0. The normalized spacial score (nSPS) is 32.8. The lowest BCUT2D eigenvalue weighted by Gasteiger charge is -2.33. The van der Waals surface area contributed by atoms with E-state index >= 15 is 0 Å². The third-order valence-electron chi connectivity index (χ3n) is 7.82. The molecule has 2 saturated carbocycles. The largest absolute Gasteiger partial charge is 0.453 e. The molecule has 6 atom stereocenters. The predicted octanol–water partition coefficient (Wildman–Crippen LogP) is 3.06. The number of benzene rings is 1. The first kappa shape index (κ1) is 24.9. The number of fused-ring (bicyclic) bond motifs is 1. The number of amides is 1. The topological polar surface area (TPSA) is 92.5 Å². The van der Waals surface area contributed by atoms with Crippen LogP contribution in [0.5, 0.6) is 0 Å². The molecule has 0 aromatic heterocycles. The van der Waals surface area contributed by atoms with Gasteiger partial charge in [0.25, 0.3) is 10.2 Å². The summed E-state index contributed by atoms with van der Waals surface area (Å²) < 4.78 is 40.1. The second kappa shape index (κ2) is 9.46. The van der Waals surface area contributed by atoms with Crippen molar-refractivity contribution in [3.05, 3.63) is 41.2 Å². The lowest BCUT2D eigenvalue weighted by Crippen LogP contribution is -2.52. The molecule has 4 rings (SSSR count). The van der Waals surface area contributed by atoms with Crippen molar-refractivity contribution in [2.24, 2.45) is 5.92 Å². The second-order valence-corrected chi connectivity index (χ2v) is 11.9. The van der Waals surface area contributed by atoms with Crippen molar-refractivity contribution in [1.82, 2.24) is 13.9 Å². The van der Waals surface area contributed by atoms with Gasteiger partial charge in [-0.15, -0.1) is 0 Å². The smallest absolute Gasteiger partial charge is 0.410 e. The third kappa shape index (κ3) is 4.67. The molecule has 186 valence electrons. The Bertz CT molecular complexity index is 1050. The predicted molar refractivity (Wildman–Crippen MR) is 128 cm³/mol. The molecule has 3 unspecified atom stereocenters. The zero-order chi connectivity index (χ0) is 24.7. The summed E-state index contributed by atoms with van der Waals surface area (Å²) in [6, 6.07) is 6.90. The highest BCUT2D eigenvalue weighted by Gasteiger charge is 2.57. The van der Waals surface area contributed by atoms with Gasteiger partial charge in [-0.05, 0) is 55.9 Å². The fourth-order valence-electron chi connectivity index (χ4n) is 5.80. The van der Waals surface area contributed by atoms with Crippen LogP contribution < -0.4 is 4.72 Å². The van der Waals surface area contributed by atoms with Gasteiger partial charge >= 0.3 is 6.09 Å². The molecule has 1 saturated heterocycles. The van der Waals surface area contributed by atoms with Gasteiger partial charge in [-0.2, -0.15) is 17.4 Å². The van der Waals surface area contributed by atoms with E-state index in [1.54, 1.807) is 4.90 Å². The molecule has 0 bridgehead atoms. The molecule has 1 aromatic rings. The minimum Gasteiger partial charge on any atom is -0.453 e. The Labute approximate surface area is 202 Å². The summed E-state index contributed by atoms with van der Waals surface area (Å²) in [6.45, 7) is 9.29. The fourth-order valence-corrected chi connectivity index (χ4v) is 6.65. The monoisotopic (exact) mass is 490 g/mol. The van der Waals surface area contributed by atoms with Crippen LogP contribution in [-0.2, 0) is 25.1 Å². The third-order valence-corrected chi connectivity index (χ3v) is 9.39. The number of likely N-dealkylation sites (tertiary alicyclic amines) is 1. The minimum atomic E-state index is -3.65. The van der Waals surface area contributed by atoms with Gasteiger partial charge in [0.15, 0.2) is 5.69 Å². The Balaban J connectivity index is 1.40. The second-order valence-electron chi connectivity index (χ2n) is 9.99. The molecule has 10 heteroatoms. The highest BCUT2D eigenvalue weighted by atomic mass is 32.2. The average molecular weight is 491 g/mol. The van der Waals surface area contributed by atoms with Crippen LogP contribution in [0.25, 0.3) is 4.85 Å². The van der Waals surface area contributed by atoms with Crippen LogP contribution in [0.3, 0.4) is 0 Å². The van der Waals surface area contributed by atoms with Crippen LogP contribution in [0, 0.1) is 12.5 Å². The van der Waals surface area contributed by atoms with E-state index < -0.39 is 28.4 Å². The molecule has 1 aromatic carbocycles. The first-order chi connectivity index (χ1) is 16.1. The Kier molecular flexibility index (Phi) is 6.93. The maximum atomic E-state index is 12.5. The van der Waals surface area contributed by atoms with Crippen molar-refractivity contribution in [3.8, 4) is 0 Å². The van der Waals surface area contributed by atoms with E-state index in [0.717, 1.165) is 30.0 Å². The molecule has 0 spiro atoms. The number of hydrogen-bond acceptors (Lipinski definition) is 5. The number of methoxy groups -OCH3 is 1. The zero-order valence-electron chi connectivity index (χ0n) is 20.2. The Morgan fingerprint density at radius 3 is 2.59 bits per heavy atom. The van der Waals surface area contributed by atoms with Gasteiger partial charge in [0.2, 0.25) is 0 Å². The highest BCUT2D eigenvalue weighted by molar-refractivity contribution is 7.87. The quantitative estimate of drug-likeness (QED) is 0.593. The molecule has 3 aliphatic rings. The molecule has 2 aliphatic carbocycles. The number of rotatable bonds is 7. The van der Waals surface area contributed by atoms with Gasteiger partial charge in [-0.1, -0.05) is 24.3 Å². The first-order valence-corrected chi connectivity index (χ1v) is 13.2. The van der Waals surface area contributed by atoms with Crippen molar-refractivity contribution in [2.75, 3.05) is 27.8 Å².